The Hall–Kier alpha value is -0.840. The Morgan fingerprint density at radius 2 is 2.50 bits per heavy atom. The molecule has 78 valence electrons. The average molecular weight is 260 g/mol. The first-order valence-corrected chi connectivity index (χ1v) is 5.57. The molecule has 0 aliphatic heterocycles. The topological polar surface area (TPSA) is 57.8 Å². The number of anilines is 1. The van der Waals surface area contributed by atoms with Crippen LogP contribution < -0.4 is 10.9 Å². The molecular formula is C9H14BrN3O. The third-order valence-corrected chi connectivity index (χ3v) is 3.01. The van der Waals surface area contributed by atoms with Crippen molar-refractivity contribution in [3.63, 3.8) is 0 Å². The Bertz CT molecular complexity index is 326. The van der Waals surface area contributed by atoms with E-state index in [2.05, 4.69) is 38.1 Å². The maximum atomic E-state index is 11.2. The van der Waals surface area contributed by atoms with E-state index < -0.39 is 0 Å². The van der Waals surface area contributed by atoms with Crippen molar-refractivity contribution < 1.29 is 0 Å². The van der Waals surface area contributed by atoms with Crippen molar-refractivity contribution in [2.75, 3.05) is 11.9 Å². The second-order valence-corrected chi connectivity index (χ2v) is 4.28. The predicted octanol–water partition coefficient (Wildman–Crippen LogP) is 1.75. The molecule has 1 unspecified atom stereocenters. The van der Waals surface area contributed by atoms with Gasteiger partial charge in [-0.3, -0.25) is 4.79 Å². The lowest BCUT2D eigenvalue weighted by Crippen LogP contribution is -2.17. The monoisotopic (exact) mass is 259 g/mol. The minimum atomic E-state index is -0.171. The van der Waals surface area contributed by atoms with Gasteiger partial charge in [0.15, 0.2) is 5.82 Å². The SMILES string of the molecule is CCC(Br)CCNc1ncc[nH]c1=O. The molecule has 0 bridgehead atoms. The van der Waals surface area contributed by atoms with E-state index in [1.165, 1.54) is 6.20 Å². The number of aromatic nitrogens is 2. The van der Waals surface area contributed by atoms with Crippen molar-refractivity contribution in [3.05, 3.63) is 22.7 Å². The Morgan fingerprint density at radius 1 is 1.71 bits per heavy atom. The summed E-state index contributed by atoms with van der Waals surface area (Å²) in [6.07, 6.45) is 5.15. The molecule has 1 atom stereocenters. The summed E-state index contributed by atoms with van der Waals surface area (Å²) in [5.41, 5.74) is -0.171. The molecule has 0 spiro atoms. The number of alkyl halides is 1. The van der Waals surface area contributed by atoms with Crippen LogP contribution in [0.25, 0.3) is 0 Å². The lowest BCUT2D eigenvalue weighted by atomic mass is 10.2. The fourth-order valence-corrected chi connectivity index (χ4v) is 1.26. The number of nitrogens with zero attached hydrogens (tertiary/aromatic N) is 1. The van der Waals surface area contributed by atoms with Gasteiger partial charge in [-0.05, 0) is 12.8 Å². The minimum absolute atomic E-state index is 0.171. The molecule has 1 rings (SSSR count). The van der Waals surface area contributed by atoms with Crippen molar-refractivity contribution in [2.24, 2.45) is 0 Å². The fraction of sp³-hybridized carbons (Fsp3) is 0.556. The van der Waals surface area contributed by atoms with E-state index in [0.29, 0.717) is 10.6 Å². The highest BCUT2D eigenvalue weighted by molar-refractivity contribution is 9.09. The van der Waals surface area contributed by atoms with Crippen molar-refractivity contribution in [3.8, 4) is 0 Å². The maximum absolute atomic E-state index is 11.2. The summed E-state index contributed by atoms with van der Waals surface area (Å²) in [4.78, 5) is 18.2. The molecule has 14 heavy (non-hydrogen) atoms. The molecule has 0 aromatic carbocycles. The van der Waals surface area contributed by atoms with Crippen molar-refractivity contribution in [2.45, 2.75) is 24.6 Å². The Balaban J connectivity index is 2.39. The Morgan fingerprint density at radius 3 is 3.14 bits per heavy atom. The number of hydrogen-bond acceptors (Lipinski definition) is 3. The highest BCUT2D eigenvalue weighted by Gasteiger charge is 2.02. The molecule has 0 fully saturated rings. The van der Waals surface area contributed by atoms with Gasteiger partial charge in [-0.25, -0.2) is 4.98 Å². The third kappa shape index (κ3) is 3.49. The fourth-order valence-electron chi connectivity index (χ4n) is 1.03. The number of halogens is 1. The summed E-state index contributed by atoms with van der Waals surface area (Å²) in [7, 11) is 0. The van der Waals surface area contributed by atoms with Crippen molar-refractivity contribution in [1.29, 1.82) is 0 Å². The molecule has 5 heteroatoms. The van der Waals surface area contributed by atoms with Crippen molar-refractivity contribution >= 4 is 21.7 Å². The first kappa shape index (κ1) is 11.2. The molecule has 0 aliphatic rings. The molecule has 0 aliphatic carbocycles. The summed E-state index contributed by atoms with van der Waals surface area (Å²) in [6.45, 7) is 2.87. The minimum Gasteiger partial charge on any atom is -0.365 e. The largest absolute Gasteiger partial charge is 0.365 e. The second kappa shape index (κ2) is 5.80. The van der Waals surface area contributed by atoms with Crippen LogP contribution in [-0.2, 0) is 0 Å². The van der Waals surface area contributed by atoms with E-state index in [1.807, 2.05) is 0 Å². The average Bonchev–Trinajstić information content (AvgIpc) is 2.20. The van der Waals surface area contributed by atoms with Gasteiger partial charge < -0.3 is 10.3 Å². The smallest absolute Gasteiger partial charge is 0.290 e. The summed E-state index contributed by atoms with van der Waals surface area (Å²) in [6, 6.07) is 0. The van der Waals surface area contributed by atoms with Gasteiger partial charge in [0.25, 0.3) is 5.56 Å². The highest BCUT2D eigenvalue weighted by atomic mass is 79.9. The molecule has 0 saturated carbocycles. The van der Waals surface area contributed by atoms with Crippen LogP contribution in [0.3, 0.4) is 0 Å². The molecule has 0 radical (unpaired) electrons. The van der Waals surface area contributed by atoms with Crippen LogP contribution in [0.5, 0.6) is 0 Å². The van der Waals surface area contributed by atoms with Crippen LogP contribution in [0, 0.1) is 0 Å². The molecule has 0 amide bonds. The molecule has 1 aromatic heterocycles. The third-order valence-electron chi connectivity index (χ3n) is 1.90. The molecule has 1 aromatic rings. The lowest BCUT2D eigenvalue weighted by molar-refractivity contribution is 0.772. The van der Waals surface area contributed by atoms with Crippen LogP contribution in [0.1, 0.15) is 19.8 Å². The number of nitrogens with one attached hydrogen (secondary N) is 2. The zero-order valence-corrected chi connectivity index (χ0v) is 9.67. The van der Waals surface area contributed by atoms with E-state index in [9.17, 15) is 4.79 Å². The van der Waals surface area contributed by atoms with E-state index in [-0.39, 0.29) is 5.56 Å². The second-order valence-electron chi connectivity index (χ2n) is 2.99. The van der Waals surface area contributed by atoms with Gasteiger partial charge in [-0.15, -0.1) is 0 Å². The zero-order chi connectivity index (χ0) is 10.4. The summed E-state index contributed by atoms with van der Waals surface area (Å²) in [5, 5.41) is 2.99. The van der Waals surface area contributed by atoms with Crippen LogP contribution in [0.15, 0.2) is 17.2 Å². The zero-order valence-electron chi connectivity index (χ0n) is 8.09. The molecule has 4 nitrogen and oxygen atoms in total. The lowest BCUT2D eigenvalue weighted by Gasteiger charge is -2.07. The summed E-state index contributed by atoms with van der Waals surface area (Å²) < 4.78 is 0. The number of hydrogen-bond donors (Lipinski definition) is 2. The van der Waals surface area contributed by atoms with E-state index >= 15 is 0 Å². The quantitative estimate of drug-likeness (QED) is 0.793. The first-order valence-electron chi connectivity index (χ1n) is 4.65. The summed E-state index contributed by atoms with van der Waals surface area (Å²) >= 11 is 3.52. The van der Waals surface area contributed by atoms with Crippen LogP contribution >= 0.6 is 15.9 Å². The Labute approximate surface area is 91.3 Å². The Kier molecular flexibility index (Phi) is 4.65. The normalized spacial score (nSPS) is 12.4. The number of H-pyrrole nitrogens is 1. The summed E-state index contributed by atoms with van der Waals surface area (Å²) in [5.74, 6) is 0.392. The van der Waals surface area contributed by atoms with Gasteiger partial charge in [-0.1, -0.05) is 22.9 Å². The van der Waals surface area contributed by atoms with Gasteiger partial charge in [0.1, 0.15) is 0 Å². The van der Waals surface area contributed by atoms with Gasteiger partial charge >= 0.3 is 0 Å². The van der Waals surface area contributed by atoms with Gasteiger partial charge in [0.05, 0.1) is 0 Å². The highest BCUT2D eigenvalue weighted by Crippen LogP contribution is 2.08. The first-order chi connectivity index (χ1) is 6.74. The van der Waals surface area contributed by atoms with Crippen LogP contribution in [-0.4, -0.2) is 21.3 Å². The molecule has 1 heterocycles. The maximum Gasteiger partial charge on any atom is 0.290 e. The van der Waals surface area contributed by atoms with Gasteiger partial charge in [-0.2, -0.15) is 0 Å². The van der Waals surface area contributed by atoms with Crippen LogP contribution in [0.4, 0.5) is 5.82 Å². The van der Waals surface area contributed by atoms with Gasteiger partial charge in [0.2, 0.25) is 0 Å². The number of rotatable bonds is 5. The van der Waals surface area contributed by atoms with E-state index in [0.717, 1.165) is 19.4 Å². The standard InChI is InChI=1S/C9H14BrN3O/c1-2-7(10)3-4-11-8-9(14)13-6-5-12-8/h5-7H,2-4H2,1H3,(H,11,12)(H,13,14). The van der Waals surface area contributed by atoms with Gasteiger partial charge in [0, 0.05) is 23.8 Å². The predicted molar refractivity (Wildman–Crippen MR) is 61.0 cm³/mol. The molecule has 2 N–H and O–H groups in total. The van der Waals surface area contributed by atoms with E-state index in [4.69, 9.17) is 0 Å². The molecular weight excluding hydrogens is 246 g/mol. The van der Waals surface area contributed by atoms with E-state index in [1.54, 1.807) is 6.20 Å². The number of aromatic amines is 1. The molecule has 0 saturated heterocycles. The van der Waals surface area contributed by atoms with Crippen LogP contribution in [0.2, 0.25) is 0 Å². The van der Waals surface area contributed by atoms with Crippen molar-refractivity contribution in [1.82, 2.24) is 9.97 Å².